The largest absolute Gasteiger partial charge is 0.368 e. The van der Waals surface area contributed by atoms with E-state index in [1.54, 1.807) is 5.51 Å². The molecule has 0 aliphatic carbocycles. The van der Waals surface area contributed by atoms with Gasteiger partial charge >= 0.3 is 0 Å². The molecular weight excluding hydrogens is 240 g/mol. The van der Waals surface area contributed by atoms with Crippen molar-refractivity contribution >= 4 is 17.2 Å². The molecule has 1 atom stereocenters. The zero-order valence-corrected chi connectivity index (χ0v) is 10.3. The van der Waals surface area contributed by atoms with Gasteiger partial charge in [-0.3, -0.25) is 4.79 Å². The molecule has 1 heterocycles. The van der Waals surface area contributed by atoms with Crippen LogP contribution < -0.4 is 11.1 Å². The Balaban J connectivity index is 2.53. The molecule has 1 aromatic rings. The van der Waals surface area contributed by atoms with Crippen LogP contribution in [0.3, 0.4) is 0 Å². The van der Waals surface area contributed by atoms with Gasteiger partial charge in [-0.05, 0) is 25.4 Å². The lowest BCUT2D eigenvalue weighted by Gasteiger charge is -2.13. The Morgan fingerprint density at radius 1 is 1.82 bits per heavy atom. The van der Waals surface area contributed by atoms with Gasteiger partial charge in [0.25, 0.3) is 0 Å². The van der Waals surface area contributed by atoms with Crippen LogP contribution in [-0.2, 0) is 4.79 Å². The van der Waals surface area contributed by atoms with Gasteiger partial charge in [-0.15, -0.1) is 11.3 Å². The van der Waals surface area contributed by atoms with Crippen molar-refractivity contribution < 1.29 is 4.79 Å². The summed E-state index contributed by atoms with van der Waals surface area (Å²) in [4.78, 5) is 18.9. The number of hydrogen-bond donors (Lipinski definition) is 2. The maximum atomic E-state index is 11.3. The molecule has 0 saturated carbocycles. The number of primary amides is 1. The van der Waals surface area contributed by atoms with Crippen molar-refractivity contribution in [3.63, 3.8) is 0 Å². The molecule has 0 bridgehead atoms. The van der Waals surface area contributed by atoms with Crippen molar-refractivity contribution in [2.75, 3.05) is 13.1 Å². The Morgan fingerprint density at radius 3 is 3.12 bits per heavy atom. The highest BCUT2D eigenvalue weighted by Crippen LogP contribution is 2.21. The first kappa shape index (κ1) is 13.4. The maximum absolute atomic E-state index is 11.3. The summed E-state index contributed by atoms with van der Waals surface area (Å²) in [6.45, 7) is 2.80. The molecule has 0 fully saturated rings. The minimum atomic E-state index is -0.520. The Bertz CT molecular complexity index is 425. The van der Waals surface area contributed by atoms with Crippen molar-refractivity contribution in [2.45, 2.75) is 19.4 Å². The number of nitrogens with zero attached hydrogens (tertiary/aromatic N) is 4. The number of aryl methyl sites for hydroxylation is 1. The lowest BCUT2D eigenvalue weighted by molar-refractivity contribution is -0.120. The molecule has 3 N–H and O–H groups in total. The predicted octanol–water partition coefficient (Wildman–Crippen LogP) is 1.27. The van der Waals surface area contributed by atoms with Crippen LogP contribution in [-0.4, -0.2) is 24.0 Å². The summed E-state index contributed by atoms with van der Waals surface area (Å²) in [6.07, 6.45) is 0.658. The Labute approximate surface area is 103 Å². The number of aromatic nitrogens is 1. The SMILES string of the molecule is Cc1ncsc1C(NCCCN=[N+]=[N-])C(N)=O. The van der Waals surface area contributed by atoms with Crippen LogP contribution in [0.4, 0.5) is 0 Å². The van der Waals surface area contributed by atoms with Crippen LogP contribution in [0.5, 0.6) is 0 Å². The van der Waals surface area contributed by atoms with Gasteiger partial charge in [0, 0.05) is 11.5 Å². The van der Waals surface area contributed by atoms with Gasteiger partial charge in [-0.2, -0.15) is 0 Å². The first-order valence-electron chi connectivity index (χ1n) is 5.10. The normalized spacial score (nSPS) is 11.8. The van der Waals surface area contributed by atoms with Crippen LogP contribution >= 0.6 is 11.3 Å². The predicted molar refractivity (Wildman–Crippen MR) is 65.4 cm³/mol. The molecule has 7 nitrogen and oxygen atoms in total. The van der Waals surface area contributed by atoms with E-state index in [9.17, 15) is 4.79 Å². The van der Waals surface area contributed by atoms with E-state index in [1.807, 2.05) is 6.92 Å². The van der Waals surface area contributed by atoms with Gasteiger partial charge in [0.15, 0.2) is 0 Å². The summed E-state index contributed by atoms with van der Waals surface area (Å²) in [5.74, 6) is -0.430. The van der Waals surface area contributed by atoms with E-state index in [4.69, 9.17) is 11.3 Å². The van der Waals surface area contributed by atoms with Crippen LogP contribution in [0.15, 0.2) is 10.6 Å². The smallest absolute Gasteiger partial charge is 0.240 e. The maximum Gasteiger partial charge on any atom is 0.240 e. The van der Waals surface area contributed by atoms with Gasteiger partial charge in [0.05, 0.1) is 16.1 Å². The number of hydrogen-bond acceptors (Lipinski definition) is 5. The van der Waals surface area contributed by atoms with Crippen LogP contribution in [0.2, 0.25) is 0 Å². The molecule has 0 aliphatic heterocycles. The molecule has 0 aliphatic rings. The first-order chi connectivity index (χ1) is 8.16. The molecule has 1 aromatic heterocycles. The molecule has 1 rings (SSSR count). The number of rotatable bonds is 7. The van der Waals surface area contributed by atoms with Crippen molar-refractivity contribution in [2.24, 2.45) is 10.8 Å². The quantitative estimate of drug-likeness (QED) is 0.330. The number of carbonyl (C=O) groups is 1. The molecule has 0 radical (unpaired) electrons. The van der Waals surface area contributed by atoms with Gasteiger partial charge < -0.3 is 11.1 Å². The standard InChI is InChI=1S/C9H14N6OS/c1-6-8(17-5-13-6)7(9(10)16)12-3-2-4-14-15-11/h5,7,12H,2-4H2,1H3,(H2,10,16). The number of carbonyl (C=O) groups excluding carboxylic acids is 1. The minimum Gasteiger partial charge on any atom is -0.368 e. The summed E-state index contributed by atoms with van der Waals surface area (Å²) in [6, 6.07) is -0.520. The fourth-order valence-corrected chi connectivity index (χ4v) is 2.23. The molecule has 0 aromatic carbocycles. The highest BCUT2D eigenvalue weighted by Gasteiger charge is 2.20. The zero-order valence-electron chi connectivity index (χ0n) is 9.46. The van der Waals surface area contributed by atoms with Crippen LogP contribution in [0, 0.1) is 6.92 Å². The van der Waals surface area contributed by atoms with E-state index in [1.165, 1.54) is 11.3 Å². The minimum absolute atomic E-state index is 0.399. The summed E-state index contributed by atoms with van der Waals surface area (Å²) >= 11 is 1.40. The number of nitrogens with two attached hydrogens (primary N) is 1. The second-order valence-electron chi connectivity index (χ2n) is 3.40. The second kappa shape index (κ2) is 6.85. The third-order valence-corrected chi connectivity index (χ3v) is 3.17. The first-order valence-corrected chi connectivity index (χ1v) is 5.98. The van der Waals surface area contributed by atoms with E-state index in [-0.39, 0.29) is 0 Å². The fraction of sp³-hybridized carbons (Fsp3) is 0.556. The molecule has 8 heteroatoms. The highest BCUT2D eigenvalue weighted by atomic mass is 32.1. The fourth-order valence-electron chi connectivity index (χ4n) is 1.35. The molecule has 92 valence electrons. The summed E-state index contributed by atoms with van der Waals surface area (Å²) in [5.41, 5.74) is 15.9. The molecule has 1 unspecified atom stereocenters. The number of azide groups is 1. The molecular formula is C9H14N6OS. The summed E-state index contributed by atoms with van der Waals surface area (Å²) in [5, 5.41) is 6.44. The average Bonchev–Trinajstić information content (AvgIpc) is 2.69. The highest BCUT2D eigenvalue weighted by molar-refractivity contribution is 7.10. The van der Waals surface area contributed by atoms with Crippen molar-refractivity contribution in [3.8, 4) is 0 Å². The molecule has 17 heavy (non-hydrogen) atoms. The Morgan fingerprint density at radius 2 is 2.59 bits per heavy atom. The molecule has 0 spiro atoms. The van der Waals surface area contributed by atoms with Crippen LogP contribution in [0.25, 0.3) is 10.4 Å². The van der Waals surface area contributed by atoms with Crippen LogP contribution in [0.1, 0.15) is 23.0 Å². The Kier molecular flexibility index (Phi) is 5.41. The third kappa shape index (κ3) is 4.03. The second-order valence-corrected chi connectivity index (χ2v) is 4.29. The van der Waals surface area contributed by atoms with Crippen molar-refractivity contribution in [1.82, 2.24) is 10.3 Å². The summed E-state index contributed by atoms with van der Waals surface area (Å²) in [7, 11) is 0. The monoisotopic (exact) mass is 254 g/mol. The van der Waals surface area contributed by atoms with E-state index in [0.717, 1.165) is 10.6 Å². The Hall–Kier alpha value is -1.63. The van der Waals surface area contributed by atoms with Gasteiger partial charge in [-0.1, -0.05) is 5.11 Å². The van der Waals surface area contributed by atoms with E-state index < -0.39 is 11.9 Å². The zero-order chi connectivity index (χ0) is 12.7. The number of amides is 1. The van der Waals surface area contributed by atoms with Crippen molar-refractivity contribution in [3.05, 3.63) is 26.5 Å². The molecule has 0 saturated heterocycles. The average molecular weight is 254 g/mol. The topological polar surface area (TPSA) is 117 Å². The van der Waals surface area contributed by atoms with Crippen molar-refractivity contribution in [1.29, 1.82) is 0 Å². The van der Waals surface area contributed by atoms with Gasteiger partial charge in [0.1, 0.15) is 6.04 Å². The van der Waals surface area contributed by atoms with E-state index >= 15 is 0 Å². The summed E-state index contributed by atoms with van der Waals surface area (Å²) < 4.78 is 0. The number of nitrogens with one attached hydrogen (secondary N) is 1. The van der Waals surface area contributed by atoms with E-state index in [0.29, 0.717) is 19.5 Å². The number of thiazole rings is 1. The van der Waals surface area contributed by atoms with Gasteiger partial charge in [0.2, 0.25) is 5.91 Å². The lowest BCUT2D eigenvalue weighted by Crippen LogP contribution is -2.34. The van der Waals surface area contributed by atoms with E-state index in [2.05, 4.69) is 20.3 Å². The lowest BCUT2D eigenvalue weighted by atomic mass is 10.2. The van der Waals surface area contributed by atoms with Gasteiger partial charge in [-0.25, -0.2) is 4.98 Å². The molecule has 1 amide bonds. The third-order valence-electron chi connectivity index (χ3n) is 2.18.